The summed E-state index contributed by atoms with van der Waals surface area (Å²) in [6.07, 6.45) is -9.25. The van der Waals surface area contributed by atoms with Crippen molar-refractivity contribution in [3.63, 3.8) is 0 Å². The highest BCUT2D eigenvalue weighted by molar-refractivity contribution is 6.00. The Morgan fingerprint density at radius 1 is 0.848 bits per heavy atom. The lowest BCUT2D eigenvalue weighted by molar-refractivity contribution is -0.271. The van der Waals surface area contributed by atoms with Gasteiger partial charge in [-0.2, -0.15) is 0 Å². The number of benzene rings is 3. The predicted molar refractivity (Wildman–Crippen MR) is 232 cm³/mol. The number of anilines is 1. The minimum atomic E-state index is -1.95. The molecule has 21 nitrogen and oxygen atoms in total. The zero-order chi connectivity index (χ0) is 47.5. The molecule has 0 bridgehead atoms. The molecule has 5 atom stereocenters. The van der Waals surface area contributed by atoms with E-state index in [1.54, 1.807) is 4.90 Å². The van der Waals surface area contributed by atoms with Gasteiger partial charge in [-0.25, -0.2) is 9.48 Å². The summed E-state index contributed by atoms with van der Waals surface area (Å²) in [7, 11) is 0. The molecular weight excluding hydrogens is 863 g/mol. The second-order valence-corrected chi connectivity index (χ2v) is 15.8. The Hall–Kier alpha value is -6.78. The summed E-state index contributed by atoms with van der Waals surface area (Å²) in [5.74, 6) is -4.07. The van der Waals surface area contributed by atoms with Crippen molar-refractivity contribution in [2.45, 2.75) is 89.9 Å². The van der Waals surface area contributed by atoms with E-state index in [9.17, 15) is 49.2 Å². The van der Waals surface area contributed by atoms with Gasteiger partial charge in [-0.1, -0.05) is 53.7 Å². The van der Waals surface area contributed by atoms with Crippen molar-refractivity contribution in [1.82, 2.24) is 30.9 Å². The molecule has 0 radical (unpaired) electrons. The van der Waals surface area contributed by atoms with Crippen LogP contribution >= 0.6 is 0 Å². The maximum absolute atomic E-state index is 13.8. The van der Waals surface area contributed by atoms with Gasteiger partial charge in [-0.3, -0.25) is 24.0 Å². The number of carbonyl (C=O) groups is 6. The number of aliphatic carboxylic acids is 1. The molecule has 4 amide bonds. The van der Waals surface area contributed by atoms with Crippen LogP contribution in [0.2, 0.25) is 0 Å². The first-order chi connectivity index (χ1) is 31.6. The van der Waals surface area contributed by atoms with Crippen LogP contribution in [0, 0.1) is 0 Å². The molecule has 0 saturated carbocycles. The molecule has 0 unspecified atom stereocenters. The summed E-state index contributed by atoms with van der Waals surface area (Å²) in [5.41, 5.74) is 5.15. The van der Waals surface area contributed by atoms with E-state index in [-0.39, 0.29) is 87.9 Å². The topological polar surface area (TPSA) is 290 Å². The number of hydrogen-bond donors (Lipinski definition) is 7. The molecule has 0 aliphatic carbocycles. The van der Waals surface area contributed by atoms with Gasteiger partial charge in [0.05, 0.1) is 30.1 Å². The Morgan fingerprint density at radius 2 is 1.56 bits per heavy atom. The van der Waals surface area contributed by atoms with Gasteiger partial charge in [0.15, 0.2) is 6.10 Å². The molecule has 2 aliphatic rings. The quantitative estimate of drug-likeness (QED) is 0.0514. The van der Waals surface area contributed by atoms with Gasteiger partial charge in [-0.15, -0.1) is 5.10 Å². The molecule has 2 aliphatic heterocycles. The van der Waals surface area contributed by atoms with Gasteiger partial charge in [0.2, 0.25) is 24.0 Å². The third-order valence-electron chi connectivity index (χ3n) is 10.7. The number of aromatic nitrogens is 3. The highest BCUT2D eigenvalue weighted by Gasteiger charge is 2.48. The summed E-state index contributed by atoms with van der Waals surface area (Å²) < 4.78 is 23.1. The summed E-state index contributed by atoms with van der Waals surface area (Å²) in [6.45, 7) is 5.25. The van der Waals surface area contributed by atoms with Crippen LogP contribution in [-0.4, -0.2) is 135 Å². The molecule has 66 heavy (non-hydrogen) atoms. The van der Waals surface area contributed by atoms with Crippen LogP contribution in [0.15, 0.2) is 66.7 Å². The average molecular weight is 916 g/mol. The highest BCUT2D eigenvalue weighted by Crippen LogP contribution is 2.42. The maximum Gasteiger partial charge on any atom is 0.335 e. The smallest absolute Gasteiger partial charge is 0.335 e. The lowest BCUT2D eigenvalue weighted by Gasteiger charge is -2.38. The number of carbonyl (C=O) groups excluding carboxylic acids is 5. The number of para-hydroxylation sites is 1. The third-order valence-corrected chi connectivity index (χ3v) is 10.7. The van der Waals surface area contributed by atoms with E-state index >= 15 is 0 Å². The molecular formula is C45H53N7O14. The Balaban J connectivity index is 0.921. The lowest BCUT2D eigenvalue weighted by Crippen LogP contribution is -2.61. The maximum atomic E-state index is 13.8. The van der Waals surface area contributed by atoms with Crippen LogP contribution in [0.1, 0.15) is 67.6 Å². The minimum Gasteiger partial charge on any atom is -0.479 e. The van der Waals surface area contributed by atoms with Crippen molar-refractivity contribution in [1.29, 1.82) is 0 Å². The Kier molecular flexibility index (Phi) is 16.5. The zero-order valence-corrected chi connectivity index (χ0v) is 36.5. The van der Waals surface area contributed by atoms with Crippen LogP contribution in [0.25, 0.3) is 22.5 Å². The first-order valence-electron chi connectivity index (χ1n) is 21.3. The Morgan fingerprint density at radius 3 is 2.30 bits per heavy atom. The largest absolute Gasteiger partial charge is 0.479 e. The number of nitrogens with one attached hydrogen (secondary N) is 3. The number of hydrogen-bond acceptors (Lipinski definition) is 15. The van der Waals surface area contributed by atoms with Crippen LogP contribution < -0.4 is 25.6 Å². The fourth-order valence-corrected chi connectivity index (χ4v) is 7.30. The molecule has 0 spiro atoms. The number of carboxylic acid groups (broad SMARTS) is 1. The molecule has 1 saturated heterocycles. The summed E-state index contributed by atoms with van der Waals surface area (Å²) >= 11 is 0. The first-order valence-corrected chi connectivity index (χ1v) is 21.3. The second-order valence-electron chi connectivity index (χ2n) is 15.8. The van der Waals surface area contributed by atoms with Crippen LogP contribution in [-0.2, 0) is 51.3 Å². The normalized spacial score (nSPS) is 18.7. The van der Waals surface area contributed by atoms with Crippen LogP contribution in [0.5, 0.6) is 5.75 Å². The van der Waals surface area contributed by atoms with Gasteiger partial charge in [-0.05, 0) is 49.6 Å². The van der Waals surface area contributed by atoms with Crippen molar-refractivity contribution in [2.24, 2.45) is 0 Å². The number of ether oxygens (including phenoxy) is 4. The predicted octanol–water partition coefficient (Wildman–Crippen LogP) is 1.22. The number of aliphatic hydroxyl groups excluding tert-OH is 3. The number of aliphatic hydroxyl groups is 3. The Bertz CT molecular complexity index is 2410. The number of fused-ring (bicyclic) bond motifs is 5. The van der Waals surface area contributed by atoms with Crippen LogP contribution in [0.4, 0.5) is 5.69 Å². The van der Waals surface area contributed by atoms with Gasteiger partial charge in [0.25, 0.3) is 5.91 Å². The van der Waals surface area contributed by atoms with E-state index in [1.807, 2.05) is 67.1 Å². The number of nitrogens with zero attached hydrogens (tertiary/aromatic N) is 4. The van der Waals surface area contributed by atoms with E-state index in [2.05, 4.69) is 26.3 Å². The fraction of sp³-hybridized carbons (Fsp3) is 0.422. The number of esters is 1. The van der Waals surface area contributed by atoms with Gasteiger partial charge < -0.3 is 60.2 Å². The molecule has 1 aromatic heterocycles. The number of amides is 4. The molecule has 21 heteroatoms. The van der Waals surface area contributed by atoms with Gasteiger partial charge in [0.1, 0.15) is 43.0 Å². The Labute approximate surface area is 379 Å². The van der Waals surface area contributed by atoms with E-state index in [1.165, 1.54) is 25.1 Å². The van der Waals surface area contributed by atoms with Crippen molar-refractivity contribution in [2.75, 3.05) is 37.7 Å². The minimum absolute atomic E-state index is 0.0131. The van der Waals surface area contributed by atoms with E-state index in [0.717, 1.165) is 28.1 Å². The monoisotopic (exact) mass is 915 g/mol. The van der Waals surface area contributed by atoms with Crippen molar-refractivity contribution < 1.29 is 68.1 Å². The molecule has 352 valence electrons. The SMILES string of the molecule is CC(=O)OCc1ccc(O[C@@H]2O[C@H](C(=O)O)[C@@H](O)[C@H](O)[C@H]2O)c(C(=O)NCCCNC(=O)CCOCC(=O)NCCC(=O)N2Cc3ccccc3-c3nnn(C(C)C)c3-c3ccccc32)c1. The van der Waals surface area contributed by atoms with E-state index < -0.39 is 54.5 Å². The molecule has 1 fully saturated rings. The number of rotatable bonds is 19. The zero-order valence-electron chi connectivity index (χ0n) is 36.5. The molecule has 6 rings (SSSR count). The van der Waals surface area contributed by atoms with Crippen molar-refractivity contribution >= 4 is 41.3 Å². The third kappa shape index (κ3) is 11.9. The van der Waals surface area contributed by atoms with E-state index in [4.69, 9.17) is 18.9 Å². The standard InChI is InChI=1S/C45H53N7O14/c1-25(2)52-38-30-11-6-7-12-32(30)51(22-28-9-4-5-10-29(28)37(38)49-50-52)36(56)15-19-47-35(55)24-63-20-16-34(54)46-17-8-18-48-43(60)31-21-27(23-64-26(3)53)13-14-33(31)65-45-41(59)39(57)40(58)42(66-45)44(61)62/h4-7,9-14,21,25,39-42,45,57-59H,8,15-20,22-24H2,1-3H3,(H,46,54)(H,47,55)(H,48,60)(H,61,62)/t39-,40-,41+,42-,45+/m0/s1. The van der Waals surface area contributed by atoms with Crippen molar-refractivity contribution in [3.8, 4) is 28.3 Å². The van der Waals surface area contributed by atoms with Gasteiger partial charge >= 0.3 is 11.9 Å². The molecule has 3 aromatic carbocycles. The second kappa shape index (κ2) is 22.4. The molecule has 7 N–H and O–H groups in total. The molecule has 3 heterocycles. The lowest BCUT2D eigenvalue weighted by atomic mass is 9.95. The summed E-state index contributed by atoms with van der Waals surface area (Å²) in [5, 5.41) is 57.1. The molecule has 4 aromatic rings. The van der Waals surface area contributed by atoms with E-state index in [0.29, 0.717) is 17.8 Å². The first kappa shape index (κ1) is 48.7. The number of carboxylic acids is 1. The van der Waals surface area contributed by atoms with Crippen molar-refractivity contribution in [3.05, 3.63) is 83.4 Å². The van der Waals surface area contributed by atoms with Gasteiger partial charge in [0, 0.05) is 56.6 Å². The fourth-order valence-electron chi connectivity index (χ4n) is 7.30. The van der Waals surface area contributed by atoms with Crippen LogP contribution in [0.3, 0.4) is 0 Å². The summed E-state index contributed by atoms with van der Waals surface area (Å²) in [6, 6.07) is 19.5. The average Bonchev–Trinajstić information content (AvgIpc) is 3.73. The highest BCUT2D eigenvalue weighted by atomic mass is 16.7. The summed E-state index contributed by atoms with van der Waals surface area (Å²) in [4.78, 5) is 76.8.